The predicted octanol–water partition coefficient (Wildman–Crippen LogP) is 4.55. The fourth-order valence-corrected chi connectivity index (χ4v) is 4.08. The van der Waals surface area contributed by atoms with E-state index in [9.17, 15) is 0 Å². The highest BCUT2D eigenvalue weighted by atomic mass is 35.5. The van der Waals surface area contributed by atoms with E-state index in [1.54, 1.807) is 0 Å². The van der Waals surface area contributed by atoms with Crippen molar-refractivity contribution in [1.82, 2.24) is 10.2 Å². The zero-order valence-corrected chi connectivity index (χ0v) is 15.6. The molecule has 1 atom stereocenters. The third-order valence-electron chi connectivity index (χ3n) is 3.87. The van der Waals surface area contributed by atoms with E-state index in [1.165, 1.54) is 16.0 Å². The molecule has 0 unspecified atom stereocenters. The molecular formula is C16H21Cl3N2S. The fourth-order valence-electron chi connectivity index (χ4n) is 2.88. The number of hydrogen-bond donors (Lipinski definition) is 1. The molecule has 3 rings (SSSR count). The van der Waals surface area contributed by atoms with Gasteiger partial charge < -0.3 is 5.32 Å². The van der Waals surface area contributed by atoms with Crippen LogP contribution in [0, 0.1) is 6.92 Å². The van der Waals surface area contributed by atoms with Gasteiger partial charge in [0.1, 0.15) is 0 Å². The summed E-state index contributed by atoms with van der Waals surface area (Å²) >= 11 is 8.34. The average molecular weight is 380 g/mol. The summed E-state index contributed by atoms with van der Waals surface area (Å²) in [5.74, 6) is 0. The van der Waals surface area contributed by atoms with Crippen LogP contribution < -0.4 is 5.32 Å². The largest absolute Gasteiger partial charge is 0.314 e. The molecule has 2 aromatic rings. The Balaban J connectivity index is 0.00000121. The quantitative estimate of drug-likeness (QED) is 0.841. The lowest BCUT2D eigenvalue weighted by Gasteiger charge is -2.35. The molecule has 0 aliphatic carbocycles. The number of nitrogens with one attached hydrogen (secondary N) is 1. The first-order chi connectivity index (χ1) is 9.77. The van der Waals surface area contributed by atoms with Crippen LogP contribution in [-0.4, -0.2) is 31.1 Å². The summed E-state index contributed by atoms with van der Waals surface area (Å²) in [7, 11) is 0. The first-order valence-corrected chi connectivity index (χ1v) is 8.26. The molecular weight excluding hydrogens is 359 g/mol. The van der Waals surface area contributed by atoms with Crippen molar-refractivity contribution < 1.29 is 0 Å². The van der Waals surface area contributed by atoms with Crippen molar-refractivity contribution in [1.29, 1.82) is 0 Å². The highest BCUT2D eigenvalue weighted by Gasteiger charge is 2.27. The molecule has 1 N–H and O–H groups in total. The molecule has 1 aliphatic heterocycles. The van der Waals surface area contributed by atoms with Crippen molar-refractivity contribution in [3.8, 4) is 0 Å². The van der Waals surface area contributed by atoms with Gasteiger partial charge in [0.05, 0.1) is 6.04 Å². The molecule has 1 fully saturated rings. The normalized spacial score (nSPS) is 16.5. The second-order valence-corrected chi connectivity index (χ2v) is 6.56. The average Bonchev–Trinajstić information content (AvgIpc) is 2.98. The summed E-state index contributed by atoms with van der Waals surface area (Å²) in [5, 5.41) is 6.45. The van der Waals surface area contributed by atoms with Crippen molar-refractivity contribution in [2.75, 3.05) is 26.2 Å². The third-order valence-corrected chi connectivity index (χ3v) is 5.13. The number of hydrogen-bond acceptors (Lipinski definition) is 3. The molecule has 0 radical (unpaired) electrons. The molecule has 2 nitrogen and oxygen atoms in total. The smallest absolute Gasteiger partial charge is 0.0714 e. The highest BCUT2D eigenvalue weighted by molar-refractivity contribution is 7.10. The minimum absolute atomic E-state index is 0. The maximum absolute atomic E-state index is 6.52. The maximum atomic E-state index is 6.52. The second kappa shape index (κ2) is 9.11. The Bertz CT molecular complexity index is 549. The zero-order chi connectivity index (χ0) is 13.9. The topological polar surface area (TPSA) is 15.3 Å². The molecule has 6 heteroatoms. The predicted molar refractivity (Wildman–Crippen MR) is 101 cm³/mol. The molecule has 0 saturated carbocycles. The minimum atomic E-state index is 0. The zero-order valence-electron chi connectivity index (χ0n) is 12.4. The summed E-state index contributed by atoms with van der Waals surface area (Å²) in [6, 6.07) is 10.8. The van der Waals surface area contributed by atoms with Gasteiger partial charge in [-0.15, -0.1) is 36.2 Å². The lowest BCUT2D eigenvalue weighted by atomic mass is 9.98. The highest BCUT2D eigenvalue weighted by Crippen LogP contribution is 2.37. The van der Waals surface area contributed by atoms with E-state index in [0.29, 0.717) is 0 Å². The molecule has 0 amide bonds. The van der Waals surface area contributed by atoms with Gasteiger partial charge in [-0.05, 0) is 35.6 Å². The SMILES string of the molecule is Cc1cccc(Cl)c1[C@@H](c1cccs1)N1CCNCC1.Cl.Cl. The van der Waals surface area contributed by atoms with Crippen molar-refractivity contribution in [2.45, 2.75) is 13.0 Å². The number of aryl methyl sites for hydroxylation is 1. The number of thiophene rings is 1. The monoisotopic (exact) mass is 378 g/mol. The second-order valence-electron chi connectivity index (χ2n) is 5.17. The van der Waals surface area contributed by atoms with E-state index < -0.39 is 0 Å². The van der Waals surface area contributed by atoms with Crippen LogP contribution in [-0.2, 0) is 0 Å². The Morgan fingerprint density at radius 3 is 2.45 bits per heavy atom. The van der Waals surface area contributed by atoms with Crippen molar-refractivity contribution in [3.05, 3.63) is 56.7 Å². The molecule has 1 aromatic carbocycles. The van der Waals surface area contributed by atoms with Crippen LogP contribution in [0.3, 0.4) is 0 Å². The fraction of sp³-hybridized carbons (Fsp3) is 0.375. The van der Waals surface area contributed by atoms with Gasteiger partial charge in [0, 0.05) is 36.1 Å². The standard InChI is InChI=1S/C16H19ClN2S.2ClH/c1-12-4-2-5-13(17)15(12)16(14-6-3-11-20-14)19-9-7-18-8-10-19;;/h2-6,11,16,18H,7-10H2,1H3;2*1H/t16-;;/m1../s1. The van der Waals surface area contributed by atoms with E-state index in [1.807, 2.05) is 23.5 Å². The summed E-state index contributed by atoms with van der Waals surface area (Å²) in [6.07, 6.45) is 0. The van der Waals surface area contributed by atoms with Crippen LogP contribution in [0.4, 0.5) is 0 Å². The first kappa shape index (κ1) is 19.8. The van der Waals surface area contributed by atoms with Gasteiger partial charge in [0.25, 0.3) is 0 Å². The van der Waals surface area contributed by atoms with Crippen molar-refractivity contribution in [3.63, 3.8) is 0 Å². The Labute approximate surface area is 153 Å². The van der Waals surface area contributed by atoms with Crippen LogP contribution >= 0.6 is 47.8 Å². The molecule has 0 spiro atoms. The van der Waals surface area contributed by atoms with Gasteiger partial charge >= 0.3 is 0 Å². The van der Waals surface area contributed by atoms with Crippen LogP contribution in [0.1, 0.15) is 22.0 Å². The lowest BCUT2D eigenvalue weighted by Crippen LogP contribution is -2.45. The third kappa shape index (κ3) is 4.16. The van der Waals surface area contributed by atoms with Gasteiger partial charge in [-0.3, -0.25) is 4.90 Å². The Hall–Kier alpha value is -0.290. The van der Waals surface area contributed by atoms with Gasteiger partial charge in [-0.25, -0.2) is 0 Å². The Morgan fingerprint density at radius 1 is 1.14 bits per heavy atom. The van der Waals surface area contributed by atoms with E-state index >= 15 is 0 Å². The number of benzene rings is 1. The lowest BCUT2D eigenvalue weighted by molar-refractivity contribution is 0.200. The summed E-state index contributed by atoms with van der Waals surface area (Å²) in [5.41, 5.74) is 2.54. The number of rotatable bonds is 3. The van der Waals surface area contributed by atoms with E-state index in [-0.39, 0.29) is 30.9 Å². The molecule has 0 bridgehead atoms. The summed E-state index contributed by atoms with van der Waals surface area (Å²) < 4.78 is 0. The minimum Gasteiger partial charge on any atom is -0.314 e. The molecule has 1 aromatic heterocycles. The summed E-state index contributed by atoms with van der Waals surface area (Å²) in [6.45, 7) is 6.38. The Kier molecular flexibility index (Phi) is 8.19. The molecule has 2 heterocycles. The number of piperazine rings is 1. The van der Waals surface area contributed by atoms with Gasteiger partial charge in [-0.2, -0.15) is 0 Å². The molecule has 22 heavy (non-hydrogen) atoms. The van der Waals surface area contributed by atoms with E-state index in [0.717, 1.165) is 31.2 Å². The van der Waals surface area contributed by atoms with E-state index in [4.69, 9.17) is 11.6 Å². The first-order valence-electron chi connectivity index (χ1n) is 7.00. The van der Waals surface area contributed by atoms with E-state index in [2.05, 4.69) is 40.7 Å². The molecule has 1 aliphatic rings. The van der Waals surface area contributed by atoms with Crippen LogP contribution in [0.15, 0.2) is 35.7 Å². The number of nitrogens with zero attached hydrogens (tertiary/aromatic N) is 1. The van der Waals surface area contributed by atoms with Gasteiger partial charge in [-0.1, -0.05) is 29.8 Å². The van der Waals surface area contributed by atoms with Crippen molar-refractivity contribution >= 4 is 47.8 Å². The Morgan fingerprint density at radius 2 is 1.86 bits per heavy atom. The molecule has 1 saturated heterocycles. The van der Waals surface area contributed by atoms with Gasteiger partial charge in [0.15, 0.2) is 0 Å². The van der Waals surface area contributed by atoms with Crippen LogP contribution in [0.2, 0.25) is 5.02 Å². The van der Waals surface area contributed by atoms with Crippen LogP contribution in [0.5, 0.6) is 0 Å². The molecule has 122 valence electrons. The summed E-state index contributed by atoms with van der Waals surface area (Å²) in [4.78, 5) is 3.92. The maximum Gasteiger partial charge on any atom is 0.0714 e. The number of halogens is 3. The van der Waals surface area contributed by atoms with Crippen molar-refractivity contribution in [2.24, 2.45) is 0 Å². The van der Waals surface area contributed by atoms with Gasteiger partial charge in [0.2, 0.25) is 0 Å². The van der Waals surface area contributed by atoms with Crippen LogP contribution in [0.25, 0.3) is 0 Å².